The van der Waals surface area contributed by atoms with Gasteiger partial charge in [-0.1, -0.05) is 19.1 Å². The zero-order valence-corrected chi connectivity index (χ0v) is 9.79. The molecule has 1 saturated heterocycles. The second kappa shape index (κ2) is 4.93. The molecule has 2 rings (SSSR count). The lowest BCUT2D eigenvalue weighted by Gasteiger charge is -2.30. The van der Waals surface area contributed by atoms with Crippen LogP contribution in [-0.4, -0.2) is 19.2 Å². The molecule has 0 saturated carbocycles. The first-order chi connectivity index (χ1) is 7.70. The second-order valence-electron chi connectivity index (χ2n) is 4.32. The molecule has 2 atom stereocenters. The molecule has 0 spiro atoms. The molecule has 0 aliphatic carbocycles. The van der Waals surface area contributed by atoms with Crippen molar-refractivity contribution in [2.45, 2.75) is 32.5 Å². The van der Waals surface area contributed by atoms with Gasteiger partial charge in [0.1, 0.15) is 5.82 Å². The molecular weight excluding hydrogens is 205 g/mol. The van der Waals surface area contributed by atoms with Crippen LogP contribution in [0.15, 0.2) is 18.2 Å². The standard InChI is InChI=1S/C13H18FNO/c1-3-11-7-15-8-13(16-11)10-4-5-12(14)9(2)6-10/h4-6,11,13,15H,3,7-8H2,1-2H3. The van der Waals surface area contributed by atoms with E-state index < -0.39 is 0 Å². The van der Waals surface area contributed by atoms with Crippen LogP contribution in [0.5, 0.6) is 0 Å². The first-order valence-corrected chi connectivity index (χ1v) is 5.83. The third kappa shape index (κ3) is 2.42. The minimum atomic E-state index is -0.153. The van der Waals surface area contributed by atoms with E-state index in [1.165, 1.54) is 6.07 Å². The van der Waals surface area contributed by atoms with Crippen molar-refractivity contribution in [1.82, 2.24) is 5.32 Å². The van der Waals surface area contributed by atoms with Crippen molar-refractivity contribution in [2.75, 3.05) is 13.1 Å². The molecular formula is C13H18FNO. The van der Waals surface area contributed by atoms with E-state index >= 15 is 0 Å². The van der Waals surface area contributed by atoms with Gasteiger partial charge in [0.2, 0.25) is 0 Å². The first kappa shape index (κ1) is 11.6. The van der Waals surface area contributed by atoms with Crippen LogP contribution in [0.25, 0.3) is 0 Å². The highest BCUT2D eigenvalue weighted by atomic mass is 19.1. The molecule has 0 radical (unpaired) electrons. The van der Waals surface area contributed by atoms with Gasteiger partial charge in [-0.25, -0.2) is 4.39 Å². The Kier molecular flexibility index (Phi) is 3.56. The molecule has 3 heteroatoms. The zero-order chi connectivity index (χ0) is 11.5. The molecule has 1 heterocycles. The Morgan fingerprint density at radius 1 is 1.44 bits per heavy atom. The number of aryl methyl sites for hydroxylation is 1. The van der Waals surface area contributed by atoms with Gasteiger partial charge in [0.05, 0.1) is 12.2 Å². The molecule has 0 aromatic heterocycles. The normalized spacial score (nSPS) is 25.7. The Morgan fingerprint density at radius 2 is 2.25 bits per heavy atom. The van der Waals surface area contributed by atoms with E-state index in [4.69, 9.17) is 4.74 Å². The molecule has 2 nitrogen and oxygen atoms in total. The number of halogens is 1. The van der Waals surface area contributed by atoms with Crippen molar-refractivity contribution < 1.29 is 9.13 Å². The average molecular weight is 223 g/mol. The van der Waals surface area contributed by atoms with Gasteiger partial charge in [-0.05, 0) is 30.5 Å². The largest absolute Gasteiger partial charge is 0.368 e. The lowest BCUT2D eigenvalue weighted by atomic mass is 10.0. The van der Waals surface area contributed by atoms with Gasteiger partial charge in [0, 0.05) is 13.1 Å². The summed E-state index contributed by atoms with van der Waals surface area (Å²) in [6.07, 6.45) is 1.33. The number of benzene rings is 1. The van der Waals surface area contributed by atoms with Crippen LogP contribution in [0.4, 0.5) is 4.39 Å². The highest BCUT2D eigenvalue weighted by Crippen LogP contribution is 2.24. The molecule has 1 N–H and O–H groups in total. The number of hydrogen-bond donors (Lipinski definition) is 1. The zero-order valence-electron chi connectivity index (χ0n) is 9.79. The molecule has 2 unspecified atom stereocenters. The Labute approximate surface area is 95.8 Å². The van der Waals surface area contributed by atoms with E-state index in [-0.39, 0.29) is 18.0 Å². The second-order valence-corrected chi connectivity index (χ2v) is 4.32. The topological polar surface area (TPSA) is 21.3 Å². The van der Waals surface area contributed by atoms with Crippen LogP contribution in [0.3, 0.4) is 0 Å². The summed E-state index contributed by atoms with van der Waals surface area (Å²) in [5, 5.41) is 3.35. The molecule has 1 aliphatic rings. The van der Waals surface area contributed by atoms with Gasteiger partial charge >= 0.3 is 0 Å². The first-order valence-electron chi connectivity index (χ1n) is 5.83. The lowest BCUT2D eigenvalue weighted by Crippen LogP contribution is -2.40. The van der Waals surface area contributed by atoms with Crippen molar-refractivity contribution in [3.63, 3.8) is 0 Å². The Balaban J connectivity index is 2.13. The summed E-state index contributed by atoms with van der Waals surface area (Å²) in [5.74, 6) is -0.153. The van der Waals surface area contributed by atoms with Crippen molar-refractivity contribution in [3.8, 4) is 0 Å². The van der Waals surface area contributed by atoms with Crippen LogP contribution in [0.2, 0.25) is 0 Å². The summed E-state index contributed by atoms with van der Waals surface area (Å²) in [7, 11) is 0. The van der Waals surface area contributed by atoms with Gasteiger partial charge in [-0.2, -0.15) is 0 Å². The van der Waals surface area contributed by atoms with E-state index in [9.17, 15) is 4.39 Å². The van der Waals surface area contributed by atoms with Gasteiger partial charge in [0.15, 0.2) is 0 Å². The van der Waals surface area contributed by atoms with Gasteiger partial charge in [-0.15, -0.1) is 0 Å². The number of hydrogen-bond acceptors (Lipinski definition) is 2. The summed E-state index contributed by atoms with van der Waals surface area (Å²) in [4.78, 5) is 0. The SMILES string of the molecule is CCC1CNCC(c2ccc(F)c(C)c2)O1. The minimum Gasteiger partial charge on any atom is -0.368 e. The fraction of sp³-hybridized carbons (Fsp3) is 0.538. The van der Waals surface area contributed by atoms with E-state index in [2.05, 4.69) is 12.2 Å². The van der Waals surface area contributed by atoms with Crippen molar-refractivity contribution in [1.29, 1.82) is 0 Å². The van der Waals surface area contributed by atoms with Crippen molar-refractivity contribution in [3.05, 3.63) is 35.1 Å². The third-order valence-corrected chi connectivity index (χ3v) is 3.07. The van der Waals surface area contributed by atoms with Crippen molar-refractivity contribution in [2.24, 2.45) is 0 Å². The van der Waals surface area contributed by atoms with Crippen LogP contribution >= 0.6 is 0 Å². The average Bonchev–Trinajstić information content (AvgIpc) is 2.33. The number of morpholine rings is 1. The quantitative estimate of drug-likeness (QED) is 0.832. The molecule has 1 aromatic carbocycles. The summed E-state index contributed by atoms with van der Waals surface area (Å²) >= 11 is 0. The summed E-state index contributed by atoms with van der Waals surface area (Å²) < 4.78 is 19.1. The predicted molar refractivity (Wildman–Crippen MR) is 61.9 cm³/mol. The smallest absolute Gasteiger partial charge is 0.126 e. The van der Waals surface area contributed by atoms with Crippen LogP contribution in [0.1, 0.15) is 30.6 Å². The molecule has 88 valence electrons. The van der Waals surface area contributed by atoms with Gasteiger partial charge in [-0.3, -0.25) is 0 Å². The fourth-order valence-electron chi connectivity index (χ4n) is 2.01. The van der Waals surface area contributed by atoms with E-state index in [0.29, 0.717) is 5.56 Å². The maximum absolute atomic E-state index is 13.2. The number of nitrogens with one attached hydrogen (secondary N) is 1. The molecule has 1 aliphatic heterocycles. The van der Waals surface area contributed by atoms with Crippen LogP contribution < -0.4 is 5.32 Å². The summed E-state index contributed by atoms with van der Waals surface area (Å²) in [5.41, 5.74) is 1.74. The molecule has 1 fully saturated rings. The monoisotopic (exact) mass is 223 g/mol. The Hall–Kier alpha value is -0.930. The Bertz CT molecular complexity index is 367. The summed E-state index contributed by atoms with van der Waals surface area (Å²) in [6.45, 7) is 5.62. The lowest BCUT2D eigenvalue weighted by molar-refractivity contribution is -0.0400. The molecule has 0 amide bonds. The van der Waals surface area contributed by atoms with E-state index in [1.807, 2.05) is 12.1 Å². The summed E-state index contributed by atoms with van der Waals surface area (Å²) in [6, 6.07) is 5.20. The predicted octanol–water partition coefficient (Wildman–Crippen LogP) is 2.57. The van der Waals surface area contributed by atoms with E-state index in [1.54, 1.807) is 6.92 Å². The number of ether oxygens (including phenoxy) is 1. The van der Waals surface area contributed by atoms with Crippen molar-refractivity contribution >= 4 is 0 Å². The van der Waals surface area contributed by atoms with Crippen LogP contribution in [0, 0.1) is 12.7 Å². The molecule has 0 bridgehead atoms. The van der Waals surface area contributed by atoms with Gasteiger partial charge in [0.25, 0.3) is 0 Å². The van der Waals surface area contributed by atoms with E-state index in [0.717, 1.165) is 25.1 Å². The minimum absolute atomic E-state index is 0.0537. The highest BCUT2D eigenvalue weighted by molar-refractivity contribution is 5.26. The molecule has 16 heavy (non-hydrogen) atoms. The maximum Gasteiger partial charge on any atom is 0.126 e. The maximum atomic E-state index is 13.2. The number of rotatable bonds is 2. The van der Waals surface area contributed by atoms with Gasteiger partial charge < -0.3 is 10.1 Å². The highest BCUT2D eigenvalue weighted by Gasteiger charge is 2.22. The fourth-order valence-corrected chi connectivity index (χ4v) is 2.01. The molecule has 1 aromatic rings. The third-order valence-electron chi connectivity index (χ3n) is 3.07. The Morgan fingerprint density at radius 3 is 2.94 bits per heavy atom. The van der Waals surface area contributed by atoms with Crippen LogP contribution in [-0.2, 0) is 4.74 Å².